The Morgan fingerprint density at radius 1 is 1.16 bits per heavy atom. The van der Waals surface area contributed by atoms with Crippen LogP contribution in [-0.4, -0.2) is 25.6 Å². The first-order valence-electron chi connectivity index (χ1n) is 7.87. The number of rotatable bonds is 7. The zero-order valence-electron chi connectivity index (χ0n) is 14.2. The van der Waals surface area contributed by atoms with Gasteiger partial charge in [0, 0.05) is 6.42 Å². The van der Waals surface area contributed by atoms with Crippen LogP contribution in [0.1, 0.15) is 28.8 Å². The van der Waals surface area contributed by atoms with Crippen LogP contribution in [0, 0.1) is 6.92 Å². The molecule has 2 aromatic carbocycles. The number of ether oxygens (including phenoxy) is 2. The molecule has 6 heteroatoms. The second kappa shape index (κ2) is 9.08. The standard InChI is InChI=1S/C19H20ClNO4/c1-13-5-3-6-15(11-13)25-10-4-7-18(22)21-17-12-14(19(23)24-2)8-9-16(17)20/h3,5-6,8-9,11-12H,4,7,10H2,1-2H3,(H,21,22). The van der Waals surface area contributed by atoms with Crippen molar-refractivity contribution >= 4 is 29.2 Å². The number of benzene rings is 2. The maximum Gasteiger partial charge on any atom is 0.337 e. The van der Waals surface area contributed by atoms with Crippen molar-refractivity contribution in [1.82, 2.24) is 0 Å². The summed E-state index contributed by atoms with van der Waals surface area (Å²) < 4.78 is 10.3. The lowest BCUT2D eigenvalue weighted by molar-refractivity contribution is -0.116. The summed E-state index contributed by atoms with van der Waals surface area (Å²) in [5.41, 5.74) is 1.83. The van der Waals surface area contributed by atoms with E-state index in [9.17, 15) is 9.59 Å². The molecule has 0 unspecified atom stereocenters. The van der Waals surface area contributed by atoms with Crippen molar-refractivity contribution in [2.75, 3.05) is 19.0 Å². The van der Waals surface area contributed by atoms with Crippen LogP contribution in [0.4, 0.5) is 5.69 Å². The van der Waals surface area contributed by atoms with Crippen LogP contribution in [0.2, 0.25) is 5.02 Å². The number of hydrogen-bond donors (Lipinski definition) is 1. The molecular weight excluding hydrogens is 342 g/mol. The van der Waals surface area contributed by atoms with Crippen LogP contribution >= 0.6 is 11.6 Å². The maximum absolute atomic E-state index is 12.0. The highest BCUT2D eigenvalue weighted by molar-refractivity contribution is 6.33. The molecule has 0 atom stereocenters. The molecule has 0 aliphatic heterocycles. The fourth-order valence-corrected chi connectivity index (χ4v) is 2.37. The highest BCUT2D eigenvalue weighted by Gasteiger charge is 2.11. The third kappa shape index (κ3) is 5.80. The Balaban J connectivity index is 1.83. The third-order valence-electron chi connectivity index (χ3n) is 3.47. The van der Waals surface area contributed by atoms with E-state index in [0.717, 1.165) is 11.3 Å². The minimum Gasteiger partial charge on any atom is -0.494 e. The smallest absolute Gasteiger partial charge is 0.337 e. The SMILES string of the molecule is COC(=O)c1ccc(Cl)c(NC(=O)CCCOc2cccc(C)c2)c1. The molecule has 1 amide bonds. The second-order valence-corrected chi connectivity index (χ2v) is 5.91. The summed E-state index contributed by atoms with van der Waals surface area (Å²) in [6.45, 7) is 2.43. The minimum atomic E-state index is -0.487. The lowest BCUT2D eigenvalue weighted by Gasteiger charge is -2.10. The molecule has 0 aliphatic carbocycles. The number of methoxy groups -OCH3 is 1. The highest BCUT2D eigenvalue weighted by Crippen LogP contribution is 2.23. The molecule has 0 aromatic heterocycles. The largest absolute Gasteiger partial charge is 0.494 e. The Morgan fingerprint density at radius 2 is 1.96 bits per heavy atom. The number of esters is 1. The predicted molar refractivity (Wildman–Crippen MR) is 97.3 cm³/mol. The summed E-state index contributed by atoms with van der Waals surface area (Å²) in [6, 6.07) is 12.3. The molecule has 1 N–H and O–H groups in total. The number of nitrogens with one attached hydrogen (secondary N) is 1. The summed E-state index contributed by atoms with van der Waals surface area (Å²) in [6.07, 6.45) is 0.846. The number of aryl methyl sites for hydroxylation is 1. The topological polar surface area (TPSA) is 64.6 Å². The summed E-state index contributed by atoms with van der Waals surface area (Å²) in [5, 5.41) is 3.06. The molecule has 0 bridgehead atoms. The Labute approximate surface area is 151 Å². The Bertz CT molecular complexity index is 761. The van der Waals surface area contributed by atoms with Gasteiger partial charge < -0.3 is 14.8 Å². The summed E-state index contributed by atoms with van der Waals surface area (Å²) >= 11 is 6.05. The predicted octanol–water partition coefficient (Wildman–Crippen LogP) is 4.23. The lowest BCUT2D eigenvalue weighted by atomic mass is 10.2. The van der Waals surface area contributed by atoms with Crippen molar-refractivity contribution in [3.63, 3.8) is 0 Å². The van der Waals surface area contributed by atoms with E-state index in [1.807, 2.05) is 31.2 Å². The van der Waals surface area contributed by atoms with Gasteiger partial charge in [-0.2, -0.15) is 0 Å². The van der Waals surface area contributed by atoms with Gasteiger partial charge in [-0.1, -0.05) is 23.7 Å². The molecule has 0 aliphatic rings. The first-order chi connectivity index (χ1) is 12.0. The van der Waals surface area contributed by atoms with Crippen molar-refractivity contribution in [2.24, 2.45) is 0 Å². The fraction of sp³-hybridized carbons (Fsp3) is 0.263. The van der Waals surface area contributed by atoms with Crippen molar-refractivity contribution in [3.8, 4) is 5.75 Å². The number of amides is 1. The Morgan fingerprint density at radius 3 is 2.68 bits per heavy atom. The quantitative estimate of drug-likeness (QED) is 0.592. The minimum absolute atomic E-state index is 0.197. The molecule has 5 nitrogen and oxygen atoms in total. The molecule has 0 saturated heterocycles. The normalized spacial score (nSPS) is 10.2. The molecule has 132 valence electrons. The molecule has 2 aromatic rings. The number of carbonyl (C=O) groups excluding carboxylic acids is 2. The summed E-state index contributed by atoms with van der Waals surface area (Å²) in [4.78, 5) is 23.6. The van der Waals surface area contributed by atoms with Gasteiger partial charge in [-0.25, -0.2) is 4.79 Å². The molecule has 0 fully saturated rings. The lowest BCUT2D eigenvalue weighted by Crippen LogP contribution is -2.14. The number of hydrogen-bond acceptors (Lipinski definition) is 4. The van der Waals surface area contributed by atoms with Gasteiger partial charge in [0.25, 0.3) is 0 Å². The van der Waals surface area contributed by atoms with E-state index in [-0.39, 0.29) is 12.3 Å². The number of anilines is 1. The summed E-state index contributed by atoms with van der Waals surface area (Å²) in [5.74, 6) is 0.102. The van der Waals surface area contributed by atoms with E-state index >= 15 is 0 Å². The van der Waals surface area contributed by atoms with E-state index in [1.165, 1.54) is 13.2 Å². The van der Waals surface area contributed by atoms with E-state index in [1.54, 1.807) is 12.1 Å². The van der Waals surface area contributed by atoms with Gasteiger partial charge in [0.2, 0.25) is 5.91 Å². The van der Waals surface area contributed by atoms with Crippen LogP contribution < -0.4 is 10.1 Å². The first-order valence-corrected chi connectivity index (χ1v) is 8.24. The fourth-order valence-electron chi connectivity index (χ4n) is 2.21. The van der Waals surface area contributed by atoms with E-state index < -0.39 is 5.97 Å². The molecule has 0 heterocycles. The van der Waals surface area contributed by atoms with Gasteiger partial charge in [-0.3, -0.25) is 4.79 Å². The van der Waals surface area contributed by atoms with E-state index in [2.05, 4.69) is 10.1 Å². The van der Waals surface area contributed by atoms with Crippen LogP contribution in [-0.2, 0) is 9.53 Å². The maximum atomic E-state index is 12.0. The van der Waals surface area contributed by atoms with Gasteiger partial charge in [-0.05, 0) is 49.2 Å². The van der Waals surface area contributed by atoms with E-state index in [4.69, 9.17) is 16.3 Å². The van der Waals surface area contributed by atoms with Gasteiger partial charge in [-0.15, -0.1) is 0 Å². The van der Waals surface area contributed by atoms with Crippen molar-refractivity contribution in [3.05, 3.63) is 58.6 Å². The zero-order chi connectivity index (χ0) is 18.2. The highest BCUT2D eigenvalue weighted by atomic mass is 35.5. The molecule has 0 radical (unpaired) electrons. The molecule has 25 heavy (non-hydrogen) atoms. The van der Waals surface area contributed by atoms with Crippen molar-refractivity contribution in [1.29, 1.82) is 0 Å². The van der Waals surface area contributed by atoms with Gasteiger partial charge >= 0.3 is 5.97 Å². The molecule has 0 spiro atoms. The van der Waals surface area contributed by atoms with Crippen LogP contribution in [0.25, 0.3) is 0 Å². The van der Waals surface area contributed by atoms with E-state index in [0.29, 0.717) is 29.3 Å². The molecule has 2 rings (SSSR count). The number of halogens is 1. The number of carbonyl (C=O) groups is 2. The molecule has 0 saturated carbocycles. The van der Waals surface area contributed by atoms with Gasteiger partial charge in [0.1, 0.15) is 5.75 Å². The van der Waals surface area contributed by atoms with Crippen LogP contribution in [0.3, 0.4) is 0 Å². The van der Waals surface area contributed by atoms with Crippen molar-refractivity contribution in [2.45, 2.75) is 19.8 Å². The van der Waals surface area contributed by atoms with Crippen LogP contribution in [0.15, 0.2) is 42.5 Å². The van der Waals surface area contributed by atoms with Gasteiger partial charge in [0.05, 0.1) is 30.0 Å². The Kier molecular flexibility index (Phi) is 6.83. The average molecular weight is 362 g/mol. The second-order valence-electron chi connectivity index (χ2n) is 5.50. The van der Waals surface area contributed by atoms with Crippen molar-refractivity contribution < 1.29 is 19.1 Å². The Hall–Kier alpha value is -2.53. The molecular formula is C19H20ClNO4. The zero-order valence-corrected chi connectivity index (χ0v) is 14.9. The summed E-state index contributed by atoms with van der Waals surface area (Å²) in [7, 11) is 1.30. The average Bonchev–Trinajstić information content (AvgIpc) is 2.60. The monoisotopic (exact) mass is 361 g/mol. The van der Waals surface area contributed by atoms with Crippen LogP contribution in [0.5, 0.6) is 5.75 Å². The first kappa shape index (κ1) is 18.8. The van der Waals surface area contributed by atoms with Gasteiger partial charge in [0.15, 0.2) is 0 Å². The third-order valence-corrected chi connectivity index (χ3v) is 3.80.